The highest BCUT2D eigenvalue weighted by Gasteiger charge is 2.48. The third-order valence-corrected chi connectivity index (χ3v) is 5.21. The van der Waals surface area contributed by atoms with Crippen molar-refractivity contribution >= 4 is 17.5 Å². The molecule has 2 aromatic rings. The number of nitrogens with zero attached hydrogens (tertiary/aromatic N) is 3. The second kappa shape index (κ2) is 6.31. The molecule has 2 aliphatic heterocycles. The van der Waals surface area contributed by atoms with Gasteiger partial charge in [-0.15, -0.1) is 0 Å². The summed E-state index contributed by atoms with van der Waals surface area (Å²) in [6, 6.07) is 11.8. The third kappa shape index (κ3) is 2.90. The number of likely N-dealkylation sites (tertiary alicyclic amines) is 1. The summed E-state index contributed by atoms with van der Waals surface area (Å²) in [5.41, 5.74) is 3.03. The van der Waals surface area contributed by atoms with E-state index in [9.17, 15) is 9.59 Å². The Morgan fingerprint density at radius 2 is 2.00 bits per heavy atom. The van der Waals surface area contributed by atoms with Crippen LogP contribution in [0.4, 0.5) is 5.69 Å². The zero-order valence-electron chi connectivity index (χ0n) is 14.3. The van der Waals surface area contributed by atoms with Gasteiger partial charge in [-0.2, -0.15) is 0 Å². The van der Waals surface area contributed by atoms with Crippen LogP contribution in [0.3, 0.4) is 0 Å². The van der Waals surface area contributed by atoms with Gasteiger partial charge in [-0.1, -0.05) is 29.8 Å². The van der Waals surface area contributed by atoms with E-state index in [-0.39, 0.29) is 23.9 Å². The van der Waals surface area contributed by atoms with Crippen molar-refractivity contribution in [2.24, 2.45) is 0 Å². The van der Waals surface area contributed by atoms with Gasteiger partial charge >= 0.3 is 0 Å². The second-order valence-electron chi connectivity index (χ2n) is 6.85. The van der Waals surface area contributed by atoms with Crippen LogP contribution in [0, 0.1) is 6.92 Å². The number of fused-ring (bicyclic) bond motifs is 1. The first-order valence-corrected chi connectivity index (χ1v) is 8.70. The lowest BCUT2D eigenvalue weighted by atomic mass is 10.1. The van der Waals surface area contributed by atoms with Crippen molar-refractivity contribution in [1.29, 1.82) is 0 Å². The zero-order valence-corrected chi connectivity index (χ0v) is 14.3. The van der Waals surface area contributed by atoms with E-state index in [0.29, 0.717) is 19.4 Å². The van der Waals surface area contributed by atoms with Gasteiger partial charge in [0.2, 0.25) is 11.8 Å². The van der Waals surface area contributed by atoms with Gasteiger partial charge in [0.25, 0.3) is 0 Å². The van der Waals surface area contributed by atoms with E-state index < -0.39 is 0 Å². The molecule has 128 valence electrons. The molecule has 0 saturated carbocycles. The first-order valence-electron chi connectivity index (χ1n) is 8.70. The summed E-state index contributed by atoms with van der Waals surface area (Å²) < 4.78 is 0. The minimum absolute atomic E-state index is 0.0225. The number of hydrogen-bond donors (Lipinski definition) is 0. The van der Waals surface area contributed by atoms with Gasteiger partial charge < -0.3 is 9.80 Å². The molecule has 0 N–H and O–H groups in total. The van der Waals surface area contributed by atoms with E-state index in [1.165, 1.54) is 5.56 Å². The minimum Gasteiger partial charge on any atom is -0.337 e. The number of hydrogen-bond acceptors (Lipinski definition) is 3. The van der Waals surface area contributed by atoms with Crippen LogP contribution < -0.4 is 4.90 Å². The number of amides is 2. The summed E-state index contributed by atoms with van der Waals surface area (Å²) in [6.07, 6.45) is 5.04. The van der Waals surface area contributed by atoms with E-state index in [4.69, 9.17) is 0 Å². The number of aromatic nitrogens is 1. The number of pyridine rings is 1. The van der Waals surface area contributed by atoms with Crippen molar-refractivity contribution in [3.05, 3.63) is 59.9 Å². The van der Waals surface area contributed by atoms with Crippen molar-refractivity contribution in [2.75, 3.05) is 11.4 Å². The summed E-state index contributed by atoms with van der Waals surface area (Å²) in [4.78, 5) is 33.1. The van der Waals surface area contributed by atoms with Gasteiger partial charge in [-0.25, -0.2) is 0 Å². The Bertz CT molecular complexity index is 788. The normalized spacial score (nSPS) is 22.4. The van der Waals surface area contributed by atoms with Crippen molar-refractivity contribution in [3.8, 4) is 0 Å². The summed E-state index contributed by atoms with van der Waals surface area (Å²) >= 11 is 0. The van der Waals surface area contributed by atoms with Crippen LogP contribution in [0.15, 0.2) is 48.8 Å². The van der Waals surface area contributed by atoms with Gasteiger partial charge in [0.05, 0.1) is 30.4 Å². The Kier molecular flexibility index (Phi) is 3.99. The summed E-state index contributed by atoms with van der Waals surface area (Å²) in [5, 5.41) is 0. The molecule has 4 rings (SSSR count). The predicted octanol–water partition coefficient (Wildman–Crippen LogP) is 2.34. The number of carbonyl (C=O) groups is 2. The Morgan fingerprint density at radius 3 is 2.72 bits per heavy atom. The number of aryl methyl sites for hydroxylation is 1. The van der Waals surface area contributed by atoms with Gasteiger partial charge in [-0.05, 0) is 31.0 Å². The van der Waals surface area contributed by atoms with Crippen LogP contribution in [-0.2, 0) is 16.0 Å². The van der Waals surface area contributed by atoms with Gasteiger partial charge in [0.15, 0.2) is 0 Å². The fourth-order valence-electron chi connectivity index (χ4n) is 3.97. The molecule has 25 heavy (non-hydrogen) atoms. The summed E-state index contributed by atoms with van der Waals surface area (Å²) in [5.74, 6) is 0.188. The van der Waals surface area contributed by atoms with Crippen molar-refractivity contribution < 1.29 is 9.59 Å². The highest BCUT2D eigenvalue weighted by Crippen LogP contribution is 2.35. The van der Waals surface area contributed by atoms with Crippen molar-refractivity contribution in [2.45, 2.75) is 38.3 Å². The lowest BCUT2D eigenvalue weighted by Gasteiger charge is -2.25. The fraction of sp³-hybridized carbons (Fsp3) is 0.350. The standard InChI is InChI=1S/C20H21N3O2/c1-14-4-6-15(7-5-14)11-19(24)22-10-8-17-18(22)12-20(25)23(17)16-3-2-9-21-13-16/h2-7,9,13,17-18H,8,10-12H2,1H3/t17-,18+/m0/s1. The summed E-state index contributed by atoms with van der Waals surface area (Å²) in [6.45, 7) is 2.75. The average Bonchev–Trinajstić information content (AvgIpc) is 3.15. The lowest BCUT2D eigenvalue weighted by Crippen LogP contribution is -2.40. The molecule has 1 aromatic heterocycles. The average molecular weight is 335 g/mol. The number of carbonyl (C=O) groups excluding carboxylic acids is 2. The number of rotatable bonds is 3. The van der Waals surface area contributed by atoms with Crippen LogP contribution in [0.25, 0.3) is 0 Å². The van der Waals surface area contributed by atoms with Crippen LogP contribution in [0.2, 0.25) is 0 Å². The van der Waals surface area contributed by atoms with E-state index in [0.717, 1.165) is 17.7 Å². The Labute approximate surface area is 147 Å². The quantitative estimate of drug-likeness (QED) is 0.865. The van der Waals surface area contributed by atoms with E-state index in [1.807, 2.05) is 53.1 Å². The Balaban J connectivity index is 1.50. The van der Waals surface area contributed by atoms with E-state index in [1.54, 1.807) is 12.4 Å². The third-order valence-electron chi connectivity index (χ3n) is 5.21. The molecule has 2 fully saturated rings. The molecule has 0 spiro atoms. The molecule has 2 atom stereocenters. The van der Waals surface area contributed by atoms with Crippen LogP contribution in [-0.4, -0.2) is 40.3 Å². The molecule has 0 radical (unpaired) electrons. The van der Waals surface area contributed by atoms with E-state index in [2.05, 4.69) is 4.98 Å². The second-order valence-corrected chi connectivity index (χ2v) is 6.85. The molecule has 2 aliphatic rings. The van der Waals surface area contributed by atoms with Crippen LogP contribution in [0.5, 0.6) is 0 Å². The topological polar surface area (TPSA) is 53.5 Å². The first-order chi connectivity index (χ1) is 12.1. The van der Waals surface area contributed by atoms with Gasteiger partial charge in [0, 0.05) is 19.2 Å². The molecule has 0 unspecified atom stereocenters. The molecular weight excluding hydrogens is 314 g/mol. The lowest BCUT2D eigenvalue weighted by molar-refractivity contribution is -0.131. The number of benzene rings is 1. The largest absolute Gasteiger partial charge is 0.337 e. The molecule has 5 nitrogen and oxygen atoms in total. The highest BCUT2D eigenvalue weighted by molar-refractivity contribution is 5.98. The van der Waals surface area contributed by atoms with E-state index >= 15 is 0 Å². The minimum atomic E-state index is -0.0225. The van der Waals surface area contributed by atoms with Gasteiger partial charge in [0.1, 0.15) is 0 Å². The maximum atomic E-state index is 12.8. The molecule has 1 aromatic carbocycles. The van der Waals surface area contributed by atoms with Crippen LogP contribution in [0.1, 0.15) is 24.0 Å². The Hall–Kier alpha value is -2.69. The molecule has 0 aliphatic carbocycles. The number of anilines is 1. The Morgan fingerprint density at radius 1 is 1.20 bits per heavy atom. The molecule has 2 saturated heterocycles. The smallest absolute Gasteiger partial charge is 0.229 e. The van der Waals surface area contributed by atoms with Crippen molar-refractivity contribution in [3.63, 3.8) is 0 Å². The fourth-order valence-corrected chi connectivity index (χ4v) is 3.97. The maximum absolute atomic E-state index is 12.8. The molecular formula is C20H21N3O2. The monoisotopic (exact) mass is 335 g/mol. The van der Waals surface area contributed by atoms with Gasteiger partial charge in [-0.3, -0.25) is 14.6 Å². The molecule has 3 heterocycles. The summed E-state index contributed by atoms with van der Waals surface area (Å²) in [7, 11) is 0. The first kappa shape index (κ1) is 15.8. The molecule has 5 heteroatoms. The maximum Gasteiger partial charge on any atom is 0.229 e. The predicted molar refractivity (Wildman–Crippen MR) is 95.1 cm³/mol. The van der Waals surface area contributed by atoms with Crippen LogP contribution >= 0.6 is 0 Å². The molecule has 0 bridgehead atoms. The zero-order chi connectivity index (χ0) is 17.4. The van der Waals surface area contributed by atoms with Crippen molar-refractivity contribution in [1.82, 2.24) is 9.88 Å². The SMILES string of the molecule is Cc1ccc(CC(=O)N2CC[C@H]3[C@H]2CC(=O)N3c2cccnc2)cc1. The molecule has 2 amide bonds. The highest BCUT2D eigenvalue weighted by atomic mass is 16.2.